The Morgan fingerprint density at radius 2 is 1.75 bits per heavy atom. The SMILES string of the molecule is CCCN(CCN(C)C)CC1CCC(CNC2CC2)O1. The Morgan fingerprint density at radius 1 is 1.00 bits per heavy atom. The number of nitrogens with one attached hydrogen (secondary N) is 1. The second kappa shape index (κ2) is 8.32. The van der Waals surface area contributed by atoms with E-state index in [1.807, 2.05) is 0 Å². The van der Waals surface area contributed by atoms with Crippen LogP contribution in [0.5, 0.6) is 0 Å². The van der Waals surface area contributed by atoms with E-state index in [1.165, 1.54) is 38.6 Å². The van der Waals surface area contributed by atoms with E-state index in [0.717, 1.165) is 32.2 Å². The van der Waals surface area contributed by atoms with Crippen molar-refractivity contribution in [1.82, 2.24) is 15.1 Å². The van der Waals surface area contributed by atoms with Crippen molar-refractivity contribution >= 4 is 0 Å². The third-order valence-corrected chi connectivity index (χ3v) is 4.27. The summed E-state index contributed by atoms with van der Waals surface area (Å²) in [7, 11) is 4.30. The maximum Gasteiger partial charge on any atom is 0.0707 e. The largest absolute Gasteiger partial charge is 0.372 e. The standard InChI is InChI=1S/C16H33N3O/c1-4-9-19(11-10-18(2)3)13-16-8-7-15(20-16)12-17-14-5-6-14/h14-17H,4-13H2,1-3H3. The maximum atomic E-state index is 6.21. The fourth-order valence-electron chi connectivity index (χ4n) is 2.89. The van der Waals surface area contributed by atoms with Crippen LogP contribution in [0, 0.1) is 0 Å². The summed E-state index contributed by atoms with van der Waals surface area (Å²) in [6.45, 7) is 7.93. The summed E-state index contributed by atoms with van der Waals surface area (Å²) in [6.07, 6.45) is 7.34. The number of hydrogen-bond acceptors (Lipinski definition) is 4. The maximum absolute atomic E-state index is 6.21. The summed E-state index contributed by atoms with van der Waals surface area (Å²) < 4.78 is 6.21. The van der Waals surface area contributed by atoms with E-state index in [2.05, 4.69) is 36.1 Å². The summed E-state index contributed by atoms with van der Waals surface area (Å²) in [5.74, 6) is 0. The van der Waals surface area contributed by atoms with Crippen LogP contribution in [-0.2, 0) is 4.74 Å². The zero-order valence-corrected chi connectivity index (χ0v) is 13.6. The van der Waals surface area contributed by atoms with Crippen LogP contribution in [0.25, 0.3) is 0 Å². The summed E-state index contributed by atoms with van der Waals surface area (Å²) >= 11 is 0. The highest BCUT2D eigenvalue weighted by atomic mass is 16.5. The summed E-state index contributed by atoms with van der Waals surface area (Å²) in [4.78, 5) is 4.84. The lowest BCUT2D eigenvalue weighted by Crippen LogP contribution is -2.38. The van der Waals surface area contributed by atoms with Gasteiger partial charge in [0, 0.05) is 32.2 Å². The number of ether oxygens (including phenoxy) is 1. The quantitative estimate of drug-likeness (QED) is 0.658. The average Bonchev–Trinajstić information content (AvgIpc) is 3.14. The Labute approximate surface area is 124 Å². The molecule has 2 atom stereocenters. The zero-order chi connectivity index (χ0) is 14.4. The molecule has 1 saturated carbocycles. The van der Waals surface area contributed by atoms with Crippen molar-refractivity contribution in [1.29, 1.82) is 0 Å². The molecule has 0 radical (unpaired) electrons. The highest BCUT2D eigenvalue weighted by Crippen LogP contribution is 2.23. The molecular weight excluding hydrogens is 250 g/mol. The minimum Gasteiger partial charge on any atom is -0.372 e. The highest BCUT2D eigenvalue weighted by molar-refractivity contribution is 4.84. The van der Waals surface area contributed by atoms with Gasteiger partial charge in [0.1, 0.15) is 0 Å². The Balaban J connectivity index is 1.64. The molecule has 1 aliphatic heterocycles. The van der Waals surface area contributed by atoms with Gasteiger partial charge in [-0.1, -0.05) is 6.92 Å². The molecule has 0 aromatic carbocycles. The van der Waals surface area contributed by atoms with Gasteiger partial charge in [0.05, 0.1) is 12.2 Å². The van der Waals surface area contributed by atoms with Gasteiger partial charge in [-0.3, -0.25) is 4.90 Å². The zero-order valence-electron chi connectivity index (χ0n) is 13.6. The number of likely N-dealkylation sites (N-methyl/N-ethyl adjacent to an activating group) is 1. The van der Waals surface area contributed by atoms with Crippen molar-refractivity contribution in [3.8, 4) is 0 Å². The lowest BCUT2D eigenvalue weighted by atomic mass is 10.2. The van der Waals surface area contributed by atoms with Crippen LogP contribution >= 0.6 is 0 Å². The molecular formula is C16H33N3O. The van der Waals surface area contributed by atoms with Crippen molar-refractivity contribution in [2.75, 3.05) is 46.8 Å². The van der Waals surface area contributed by atoms with Gasteiger partial charge < -0.3 is 15.0 Å². The topological polar surface area (TPSA) is 27.7 Å². The molecule has 1 saturated heterocycles. The van der Waals surface area contributed by atoms with Crippen LogP contribution < -0.4 is 5.32 Å². The van der Waals surface area contributed by atoms with Gasteiger partial charge in [-0.05, 0) is 52.7 Å². The van der Waals surface area contributed by atoms with E-state index >= 15 is 0 Å². The minimum atomic E-state index is 0.453. The fraction of sp³-hybridized carbons (Fsp3) is 1.00. The van der Waals surface area contributed by atoms with E-state index in [9.17, 15) is 0 Å². The van der Waals surface area contributed by atoms with Gasteiger partial charge >= 0.3 is 0 Å². The second-order valence-corrected chi connectivity index (χ2v) is 6.74. The Hall–Kier alpha value is -0.160. The lowest BCUT2D eigenvalue weighted by Gasteiger charge is -2.26. The molecule has 0 aromatic rings. The van der Waals surface area contributed by atoms with E-state index in [1.54, 1.807) is 0 Å². The van der Waals surface area contributed by atoms with Crippen molar-refractivity contribution in [2.45, 2.75) is 57.3 Å². The summed E-state index contributed by atoms with van der Waals surface area (Å²) in [5.41, 5.74) is 0. The monoisotopic (exact) mass is 283 g/mol. The smallest absolute Gasteiger partial charge is 0.0707 e. The molecule has 118 valence electrons. The van der Waals surface area contributed by atoms with Gasteiger partial charge in [-0.15, -0.1) is 0 Å². The van der Waals surface area contributed by atoms with Gasteiger partial charge in [-0.2, -0.15) is 0 Å². The molecule has 0 spiro atoms. The molecule has 2 rings (SSSR count). The van der Waals surface area contributed by atoms with Gasteiger partial charge in [-0.25, -0.2) is 0 Å². The van der Waals surface area contributed by atoms with Gasteiger partial charge in [0.15, 0.2) is 0 Å². The second-order valence-electron chi connectivity index (χ2n) is 6.74. The van der Waals surface area contributed by atoms with E-state index in [4.69, 9.17) is 4.74 Å². The Kier molecular flexibility index (Phi) is 6.75. The normalized spacial score (nSPS) is 26.9. The molecule has 4 nitrogen and oxygen atoms in total. The van der Waals surface area contributed by atoms with Crippen LogP contribution in [0.3, 0.4) is 0 Å². The van der Waals surface area contributed by atoms with Crippen molar-refractivity contribution in [3.63, 3.8) is 0 Å². The Morgan fingerprint density at radius 3 is 2.40 bits per heavy atom. The van der Waals surface area contributed by atoms with Crippen LogP contribution in [0.15, 0.2) is 0 Å². The van der Waals surface area contributed by atoms with Crippen LogP contribution in [-0.4, -0.2) is 74.9 Å². The summed E-state index contributed by atoms with van der Waals surface area (Å²) in [6, 6.07) is 0.800. The predicted octanol–water partition coefficient (Wildman–Crippen LogP) is 1.56. The molecule has 1 N–H and O–H groups in total. The molecule has 2 aliphatic rings. The minimum absolute atomic E-state index is 0.453. The van der Waals surface area contributed by atoms with Crippen LogP contribution in [0.1, 0.15) is 39.0 Å². The predicted molar refractivity (Wildman–Crippen MR) is 84.2 cm³/mol. The summed E-state index contributed by atoms with van der Waals surface area (Å²) in [5, 5.41) is 3.59. The molecule has 2 fully saturated rings. The molecule has 0 amide bonds. The van der Waals surface area contributed by atoms with Crippen LogP contribution in [0.4, 0.5) is 0 Å². The molecule has 2 unspecified atom stereocenters. The molecule has 0 bridgehead atoms. The van der Waals surface area contributed by atoms with Crippen molar-refractivity contribution in [3.05, 3.63) is 0 Å². The molecule has 1 heterocycles. The Bertz CT molecular complexity index is 268. The first-order chi connectivity index (χ1) is 9.67. The van der Waals surface area contributed by atoms with E-state index in [0.29, 0.717) is 12.2 Å². The van der Waals surface area contributed by atoms with Crippen LogP contribution in [0.2, 0.25) is 0 Å². The average molecular weight is 283 g/mol. The van der Waals surface area contributed by atoms with Crippen molar-refractivity contribution in [2.24, 2.45) is 0 Å². The lowest BCUT2D eigenvalue weighted by molar-refractivity contribution is 0.0222. The highest BCUT2D eigenvalue weighted by Gasteiger charge is 2.28. The van der Waals surface area contributed by atoms with E-state index < -0.39 is 0 Å². The first kappa shape index (κ1) is 16.2. The number of hydrogen-bond donors (Lipinski definition) is 1. The third-order valence-electron chi connectivity index (χ3n) is 4.27. The first-order valence-electron chi connectivity index (χ1n) is 8.43. The molecule has 4 heteroatoms. The fourth-order valence-corrected chi connectivity index (χ4v) is 2.89. The first-order valence-corrected chi connectivity index (χ1v) is 8.43. The van der Waals surface area contributed by atoms with Gasteiger partial charge in [0.2, 0.25) is 0 Å². The molecule has 20 heavy (non-hydrogen) atoms. The number of rotatable bonds is 10. The molecule has 1 aliphatic carbocycles. The number of nitrogens with zero attached hydrogens (tertiary/aromatic N) is 2. The third kappa shape index (κ3) is 6.08. The molecule has 0 aromatic heterocycles. The van der Waals surface area contributed by atoms with E-state index in [-0.39, 0.29) is 0 Å². The van der Waals surface area contributed by atoms with Gasteiger partial charge in [0.25, 0.3) is 0 Å². The van der Waals surface area contributed by atoms with Crippen molar-refractivity contribution < 1.29 is 4.74 Å².